The Morgan fingerprint density at radius 3 is 2.42 bits per heavy atom. The van der Waals surface area contributed by atoms with Gasteiger partial charge in [0.05, 0.1) is 13.2 Å². The molecule has 0 unspecified atom stereocenters. The second kappa shape index (κ2) is 5.51. The molecule has 3 nitrogen and oxygen atoms in total. The molecule has 0 saturated carbocycles. The maximum atomic E-state index is 5.32. The molecule has 0 spiro atoms. The van der Waals surface area contributed by atoms with Gasteiger partial charge in [0.1, 0.15) is 0 Å². The molecule has 0 N–H and O–H groups in total. The molecule has 3 heteroatoms. The van der Waals surface area contributed by atoms with Crippen LogP contribution in [-0.4, -0.2) is 31.2 Å². The molecule has 0 bridgehead atoms. The average Bonchev–Trinajstić information content (AvgIpc) is 2.59. The molecule has 1 aliphatic heterocycles. The van der Waals surface area contributed by atoms with E-state index in [0.717, 1.165) is 19.5 Å². The van der Waals surface area contributed by atoms with Gasteiger partial charge in [-0.05, 0) is 6.42 Å². The van der Waals surface area contributed by atoms with Gasteiger partial charge in [0.2, 0.25) is 0 Å². The monoisotopic (exact) mass is 172 g/mol. The molecule has 0 aromatic heterocycles. The minimum absolute atomic E-state index is 0.706. The summed E-state index contributed by atoms with van der Waals surface area (Å²) in [5, 5.41) is 0. The lowest BCUT2D eigenvalue weighted by Gasteiger charge is -2.22. The SMILES string of the molecule is CCCCN(CC)[C]1OCCO1. The summed E-state index contributed by atoms with van der Waals surface area (Å²) in [6, 6.07) is 0. The zero-order valence-electron chi connectivity index (χ0n) is 8.01. The molecule has 0 aliphatic carbocycles. The number of hydrogen-bond acceptors (Lipinski definition) is 3. The molecule has 0 aromatic rings. The molecule has 0 atom stereocenters. The van der Waals surface area contributed by atoms with Crippen LogP contribution in [0, 0.1) is 6.41 Å². The highest BCUT2D eigenvalue weighted by molar-refractivity contribution is 4.71. The molecule has 1 aliphatic rings. The predicted octanol–water partition coefficient (Wildman–Crippen LogP) is 1.60. The first-order valence-corrected chi connectivity index (χ1v) is 4.76. The Hall–Kier alpha value is -0.120. The van der Waals surface area contributed by atoms with Gasteiger partial charge >= 0.3 is 6.41 Å². The zero-order chi connectivity index (χ0) is 8.81. The molecule has 1 fully saturated rings. The zero-order valence-corrected chi connectivity index (χ0v) is 8.01. The smallest absolute Gasteiger partial charge is 0.303 e. The molecule has 1 radical (unpaired) electrons. The van der Waals surface area contributed by atoms with Crippen molar-refractivity contribution in [1.82, 2.24) is 4.90 Å². The largest absolute Gasteiger partial charge is 0.329 e. The first-order chi connectivity index (χ1) is 5.88. The van der Waals surface area contributed by atoms with Crippen LogP contribution in [0.25, 0.3) is 0 Å². The van der Waals surface area contributed by atoms with Gasteiger partial charge in [-0.2, -0.15) is 0 Å². The molecule has 12 heavy (non-hydrogen) atoms. The van der Waals surface area contributed by atoms with Gasteiger partial charge < -0.3 is 9.47 Å². The molecule has 1 rings (SSSR count). The van der Waals surface area contributed by atoms with E-state index in [2.05, 4.69) is 18.7 Å². The van der Waals surface area contributed by atoms with Gasteiger partial charge in [-0.3, -0.25) is 0 Å². The molecule has 1 saturated heterocycles. The van der Waals surface area contributed by atoms with E-state index >= 15 is 0 Å². The number of hydrogen-bond donors (Lipinski definition) is 0. The van der Waals surface area contributed by atoms with Crippen molar-refractivity contribution in [3.63, 3.8) is 0 Å². The van der Waals surface area contributed by atoms with Crippen molar-refractivity contribution in [2.24, 2.45) is 0 Å². The van der Waals surface area contributed by atoms with Crippen molar-refractivity contribution in [1.29, 1.82) is 0 Å². The summed E-state index contributed by atoms with van der Waals surface area (Å²) in [5.41, 5.74) is 0. The molecule has 71 valence electrons. The summed E-state index contributed by atoms with van der Waals surface area (Å²) < 4.78 is 10.6. The van der Waals surface area contributed by atoms with Crippen LogP contribution in [0.5, 0.6) is 0 Å². The summed E-state index contributed by atoms with van der Waals surface area (Å²) in [7, 11) is 0. The quantitative estimate of drug-likeness (QED) is 0.628. The fourth-order valence-corrected chi connectivity index (χ4v) is 1.21. The van der Waals surface area contributed by atoms with Crippen molar-refractivity contribution < 1.29 is 9.47 Å². The lowest BCUT2D eigenvalue weighted by Crippen LogP contribution is -2.30. The first kappa shape index (κ1) is 9.96. The van der Waals surface area contributed by atoms with Gasteiger partial charge in [-0.15, -0.1) is 0 Å². The average molecular weight is 172 g/mol. The third-order valence-corrected chi connectivity index (χ3v) is 1.96. The van der Waals surface area contributed by atoms with Crippen molar-refractivity contribution in [2.75, 3.05) is 26.3 Å². The highest BCUT2D eigenvalue weighted by Gasteiger charge is 2.24. The van der Waals surface area contributed by atoms with E-state index in [0.29, 0.717) is 13.2 Å². The Morgan fingerprint density at radius 1 is 1.25 bits per heavy atom. The maximum absolute atomic E-state index is 5.32. The molecule has 0 amide bonds. The van der Waals surface area contributed by atoms with E-state index < -0.39 is 0 Å². The van der Waals surface area contributed by atoms with Crippen LogP contribution >= 0.6 is 0 Å². The van der Waals surface area contributed by atoms with Crippen molar-refractivity contribution >= 4 is 0 Å². The number of rotatable bonds is 5. The summed E-state index contributed by atoms with van der Waals surface area (Å²) in [4.78, 5) is 2.15. The highest BCUT2D eigenvalue weighted by Crippen LogP contribution is 2.17. The molecule has 1 heterocycles. The first-order valence-electron chi connectivity index (χ1n) is 4.76. The fourth-order valence-electron chi connectivity index (χ4n) is 1.21. The fraction of sp³-hybridized carbons (Fsp3) is 0.889. The Bertz CT molecular complexity index is 113. The standard InChI is InChI=1S/C9H18NO2/c1-3-5-6-10(4-2)9-11-7-8-12-9/h3-8H2,1-2H3. The van der Waals surface area contributed by atoms with Crippen molar-refractivity contribution in [3.05, 3.63) is 6.41 Å². The van der Waals surface area contributed by atoms with E-state index in [1.54, 1.807) is 0 Å². The van der Waals surface area contributed by atoms with Gasteiger partial charge in [-0.1, -0.05) is 20.3 Å². The molecular weight excluding hydrogens is 154 g/mol. The molecular formula is C9H18NO2. The van der Waals surface area contributed by atoms with Crippen LogP contribution in [0.1, 0.15) is 26.7 Å². The molecule has 0 aromatic carbocycles. The van der Waals surface area contributed by atoms with Gasteiger partial charge in [0, 0.05) is 13.1 Å². The van der Waals surface area contributed by atoms with Crippen LogP contribution in [0.2, 0.25) is 0 Å². The lowest BCUT2D eigenvalue weighted by molar-refractivity contribution is -0.0408. The van der Waals surface area contributed by atoms with Crippen LogP contribution in [0.4, 0.5) is 0 Å². The maximum Gasteiger partial charge on any atom is 0.303 e. The summed E-state index contributed by atoms with van der Waals surface area (Å²) in [6.45, 7) is 7.73. The summed E-state index contributed by atoms with van der Waals surface area (Å²) in [6.07, 6.45) is 3.14. The normalized spacial score (nSPS) is 19.2. The van der Waals surface area contributed by atoms with E-state index in [1.165, 1.54) is 12.8 Å². The van der Waals surface area contributed by atoms with E-state index in [9.17, 15) is 0 Å². The summed E-state index contributed by atoms with van der Waals surface area (Å²) in [5.74, 6) is 0. The number of nitrogens with zero attached hydrogens (tertiary/aromatic N) is 1. The third-order valence-electron chi connectivity index (χ3n) is 1.96. The predicted molar refractivity (Wildman–Crippen MR) is 47.3 cm³/mol. The minimum atomic E-state index is 0.706. The Morgan fingerprint density at radius 2 is 1.92 bits per heavy atom. The number of ether oxygens (including phenoxy) is 2. The van der Waals surface area contributed by atoms with Crippen LogP contribution < -0.4 is 0 Å². The Balaban J connectivity index is 2.22. The lowest BCUT2D eigenvalue weighted by atomic mass is 10.3. The Kier molecular flexibility index (Phi) is 4.58. The topological polar surface area (TPSA) is 21.7 Å². The van der Waals surface area contributed by atoms with Gasteiger partial charge in [0.15, 0.2) is 0 Å². The summed E-state index contributed by atoms with van der Waals surface area (Å²) >= 11 is 0. The second-order valence-electron chi connectivity index (χ2n) is 2.90. The van der Waals surface area contributed by atoms with Gasteiger partial charge in [0.25, 0.3) is 0 Å². The second-order valence-corrected chi connectivity index (χ2v) is 2.90. The van der Waals surface area contributed by atoms with Crippen molar-refractivity contribution in [3.8, 4) is 0 Å². The minimum Gasteiger partial charge on any atom is -0.329 e. The van der Waals surface area contributed by atoms with Crippen LogP contribution in [0.3, 0.4) is 0 Å². The van der Waals surface area contributed by atoms with Crippen LogP contribution in [0.15, 0.2) is 0 Å². The van der Waals surface area contributed by atoms with Gasteiger partial charge in [-0.25, -0.2) is 4.90 Å². The number of unbranched alkanes of at least 4 members (excludes halogenated alkanes) is 1. The van der Waals surface area contributed by atoms with E-state index in [4.69, 9.17) is 9.47 Å². The van der Waals surface area contributed by atoms with Crippen molar-refractivity contribution in [2.45, 2.75) is 26.7 Å². The van der Waals surface area contributed by atoms with Crippen LogP contribution in [-0.2, 0) is 9.47 Å². The van der Waals surface area contributed by atoms with E-state index in [1.807, 2.05) is 0 Å². The third kappa shape index (κ3) is 2.73. The van der Waals surface area contributed by atoms with E-state index in [-0.39, 0.29) is 0 Å². The Labute approximate surface area is 74.6 Å². The highest BCUT2D eigenvalue weighted by atomic mass is 16.7.